The lowest BCUT2D eigenvalue weighted by atomic mass is 10.1. The van der Waals surface area contributed by atoms with Gasteiger partial charge in [0.2, 0.25) is 5.88 Å². The highest BCUT2D eigenvalue weighted by Crippen LogP contribution is 2.36. The summed E-state index contributed by atoms with van der Waals surface area (Å²) in [6.45, 7) is 3.04. The van der Waals surface area contributed by atoms with Crippen LogP contribution in [0.15, 0.2) is 76.9 Å². The Morgan fingerprint density at radius 1 is 1.26 bits per heavy atom. The second kappa shape index (κ2) is 10.4. The Labute approximate surface area is 176 Å². The molecule has 0 amide bonds. The zero-order valence-corrected chi connectivity index (χ0v) is 17.0. The van der Waals surface area contributed by atoms with Crippen LogP contribution in [-0.2, 0) is 4.74 Å². The molecule has 0 unspecified atom stereocenters. The summed E-state index contributed by atoms with van der Waals surface area (Å²) in [5.74, 6) is -1.02. The van der Waals surface area contributed by atoms with E-state index in [0.717, 1.165) is 13.2 Å². The molecule has 0 N–H and O–H groups in total. The highest BCUT2D eigenvalue weighted by molar-refractivity contribution is 5.98. The number of aliphatic imine (C=N–C) groups is 1. The van der Waals surface area contributed by atoms with Crippen LogP contribution in [0.25, 0.3) is 0 Å². The summed E-state index contributed by atoms with van der Waals surface area (Å²) in [6.07, 6.45) is -2.16. The standard InChI is InChI=1S/C21H20F3N3O4/c1-4-8-18(31-16-9-6-5-7-10-16)19(21(22,23)24)20(30-3)26-14(2)17-13-15(27(28)29)11-12-25-17/h5-13H,4H2,1-3H3/b18-8-,20-19-,26-14?. The first kappa shape index (κ1) is 23.6. The lowest BCUT2D eigenvalue weighted by molar-refractivity contribution is -0.384. The first-order valence-corrected chi connectivity index (χ1v) is 9.12. The van der Waals surface area contributed by atoms with Crippen LogP contribution in [0, 0.1) is 10.1 Å². The van der Waals surface area contributed by atoms with Gasteiger partial charge in [-0.1, -0.05) is 25.1 Å². The van der Waals surface area contributed by atoms with Gasteiger partial charge in [-0.25, -0.2) is 4.99 Å². The zero-order valence-electron chi connectivity index (χ0n) is 17.0. The number of hydrogen-bond acceptors (Lipinski definition) is 6. The molecule has 0 saturated heterocycles. The Bertz CT molecular complexity index is 1020. The van der Waals surface area contributed by atoms with Crippen LogP contribution in [0.4, 0.5) is 18.9 Å². The van der Waals surface area contributed by atoms with Gasteiger partial charge < -0.3 is 9.47 Å². The van der Waals surface area contributed by atoms with Gasteiger partial charge in [-0.2, -0.15) is 13.2 Å². The molecule has 31 heavy (non-hydrogen) atoms. The Hall–Kier alpha value is -3.69. The molecule has 1 heterocycles. The number of pyridine rings is 1. The van der Waals surface area contributed by atoms with Crippen LogP contribution in [0.2, 0.25) is 0 Å². The summed E-state index contributed by atoms with van der Waals surface area (Å²) in [4.78, 5) is 18.2. The monoisotopic (exact) mass is 435 g/mol. The lowest BCUT2D eigenvalue weighted by Gasteiger charge is -2.18. The van der Waals surface area contributed by atoms with E-state index < -0.39 is 28.3 Å². The van der Waals surface area contributed by atoms with Crippen molar-refractivity contribution >= 4 is 11.4 Å². The molecule has 0 bridgehead atoms. The molecule has 0 aliphatic carbocycles. The molecule has 7 nitrogen and oxygen atoms in total. The van der Waals surface area contributed by atoms with E-state index in [4.69, 9.17) is 9.47 Å². The SMILES string of the molecule is CC/C=C(Oc1ccccc1)/C(=C(\N=C(C)c1cc([N+](=O)[O-])ccn1)OC)C(F)(F)F. The van der Waals surface area contributed by atoms with Crippen molar-refractivity contribution in [2.45, 2.75) is 26.4 Å². The second-order valence-electron chi connectivity index (χ2n) is 6.13. The molecule has 0 radical (unpaired) electrons. The average molecular weight is 435 g/mol. The van der Waals surface area contributed by atoms with Crippen LogP contribution >= 0.6 is 0 Å². The number of ether oxygens (including phenoxy) is 2. The number of rotatable bonds is 8. The normalized spacial score (nSPS) is 13.5. The molecule has 10 heteroatoms. The first-order valence-electron chi connectivity index (χ1n) is 9.12. The molecule has 1 aromatic carbocycles. The maximum absolute atomic E-state index is 14.0. The van der Waals surface area contributed by atoms with Gasteiger partial charge >= 0.3 is 6.18 Å². The molecule has 0 atom stereocenters. The third kappa shape index (κ3) is 6.39. The minimum Gasteiger partial charge on any atom is -0.480 e. The van der Waals surface area contributed by atoms with Gasteiger partial charge in [-0.15, -0.1) is 0 Å². The zero-order chi connectivity index (χ0) is 23.0. The van der Waals surface area contributed by atoms with Gasteiger partial charge in [0.05, 0.1) is 23.4 Å². The summed E-state index contributed by atoms with van der Waals surface area (Å²) in [5.41, 5.74) is -1.45. The molecule has 0 spiro atoms. The van der Waals surface area contributed by atoms with E-state index in [9.17, 15) is 23.3 Å². The van der Waals surface area contributed by atoms with Crippen LogP contribution in [0.3, 0.4) is 0 Å². The van der Waals surface area contributed by atoms with Crippen molar-refractivity contribution in [3.05, 3.63) is 87.8 Å². The van der Waals surface area contributed by atoms with Crippen LogP contribution in [0.5, 0.6) is 5.75 Å². The van der Waals surface area contributed by atoms with Gasteiger partial charge in [0.1, 0.15) is 11.5 Å². The molecule has 0 aliphatic heterocycles. The van der Waals surface area contributed by atoms with Crippen molar-refractivity contribution in [2.24, 2.45) is 4.99 Å². The largest absolute Gasteiger partial charge is 0.480 e. The van der Waals surface area contributed by atoms with Crippen molar-refractivity contribution in [3.63, 3.8) is 0 Å². The third-order valence-corrected chi connectivity index (χ3v) is 3.89. The minimum atomic E-state index is -4.86. The smallest absolute Gasteiger partial charge is 0.425 e. The predicted molar refractivity (Wildman–Crippen MR) is 109 cm³/mol. The number of halogens is 3. The summed E-state index contributed by atoms with van der Waals surface area (Å²) in [7, 11) is 1.05. The number of para-hydroxylation sites is 1. The number of benzene rings is 1. The molecule has 0 saturated carbocycles. The summed E-state index contributed by atoms with van der Waals surface area (Å²) in [5, 5.41) is 11.0. The van der Waals surface area contributed by atoms with E-state index in [0.29, 0.717) is 0 Å². The number of hydrogen-bond donors (Lipinski definition) is 0. The number of nitrogens with zero attached hydrogens (tertiary/aromatic N) is 3. The molecule has 1 aromatic heterocycles. The molecule has 2 aromatic rings. The molecule has 2 rings (SSSR count). The van der Waals surface area contributed by atoms with Crippen LogP contribution in [0.1, 0.15) is 26.0 Å². The lowest BCUT2D eigenvalue weighted by Crippen LogP contribution is -2.20. The summed E-state index contributed by atoms with van der Waals surface area (Å²) >= 11 is 0. The van der Waals surface area contributed by atoms with Crippen LogP contribution < -0.4 is 4.74 Å². The summed E-state index contributed by atoms with van der Waals surface area (Å²) < 4.78 is 52.5. The van der Waals surface area contributed by atoms with E-state index in [1.165, 1.54) is 37.4 Å². The Morgan fingerprint density at radius 2 is 1.94 bits per heavy atom. The number of methoxy groups -OCH3 is 1. The van der Waals surface area contributed by atoms with Crippen molar-refractivity contribution in [1.29, 1.82) is 0 Å². The molecular formula is C21H20F3N3O4. The maximum atomic E-state index is 14.0. The van der Waals surface area contributed by atoms with Crippen molar-refractivity contribution in [1.82, 2.24) is 4.98 Å². The van der Waals surface area contributed by atoms with Gasteiger partial charge in [-0.3, -0.25) is 15.1 Å². The molecular weight excluding hydrogens is 415 g/mol. The number of alkyl halides is 3. The fourth-order valence-corrected chi connectivity index (χ4v) is 2.51. The summed E-state index contributed by atoms with van der Waals surface area (Å²) in [6, 6.07) is 10.3. The number of aromatic nitrogens is 1. The highest BCUT2D eigenvalue weighted by atomic mass is 19.4. The molecule has 0 fully saturated rings. The Balaban J connectivity index is 2.61. The highest BCUT2D eigenvalue weighted by Gasteiger charge is 2.41. The molecule has 164 valence electrons. The quantitative estimate of drug-likeness (QED) is 0.177. The van der Waals surface area contributed by atoms with E-state index in [1.54, 1.807) is 25.1 Å². The van der Waals surface area contributed by atoms with Crippen LogP contribution in [-0.4, -0.2) is 28.9 Å². The average Bonchev–Trinajstić information content (AvgIpc) is 2.73. The third-order valence-electron chi connectivity index (χ3n) is 3.89. The first-order chi connectivity index (χ1) is 14.7. The van der Waals surface area contributed by atoms with E-state index in [1.807, 2.05) is 0 Å². The minimum absolute atomic E-state index is 0.00198. The van der Waals surface area contributed by atoms with Gasteiger partial charge in [0, 0.05) is 18.3 Å². The number of nitro groups is 1. The fourth-order valence-electron chi connectivity index (χ4n) is 2.51. The molecule has 0 aliphatic rings. The van der Waals surface area contributed by atoms with Crippen molar-refractivity contribution in [2.75, 3.05) is 7.11 Å². The van der Waals surface area contributed by atoms with Gasteiger partial charge in [-0.05, 0) is 31.6 Å². The van der Waals surface area contributed by atoms with Gasteiger partial charge in [0.25, 0.3) is 5.69 Å². The topological polar surface area (TPSA) is 86.9 Å². The second-order valence-corrected chi connectivity index (χ2v) is 6.13. The van der Waals surface area contributed by atoms with E-state index in [2.05, 4.69) is 9.98 Å². The maximum Gasteiger partial charge on any atom is 0.425 e. The van der Waals surface area contributed by atoms with Crippen molar-refractivity contribution < 1.29 is 27.6 Å². The Morgan fingerprint density at radius 3 is 2.48 bits per heavy atom. The number of allylic oxidation sites excluding steroid dienone is 2. The van der Waals surface area contributed by atoms with E-state index >= 15 is 0 Å². The van der Waals surface area contributed by atoms with Crippen molar-refractivity contribution in [3.8, 4) is 5.75 Å². The Kier molecular flexibility index (Phi) is 7.89. The predicted octanol–water partition coefficient (Wildman–Crippen LogP) is 5.59. The van der Waals surface area contributed by atoms with Gasteiger partial charge in [0.15, 0.2) is 5.57 Å². The van der Waals surface area contributed by atoms with E-state index in [-0.39, 0.29) is 29.3 Å². The fraction of sp³-hybridized carbons (Fsp3) is 0.238.